The first-order chi connectivity index (χ1) is 9.96. The Kier molecular flexibility index (Phi) is 4.21. The molecule has 0 aromatic heterocycles. The van der Waals surface area contributed by atoms with Gasteiger partial charge in [-0.25, -0.2) is 0 Å². The lowest BCUT2D eigenvalue weighted by molar-refractivity contribution is -0.138. The molecule has 1 aliphatic heterocycles. The van der Waals surface area contributed by atoms with Crippen molar-refractivity contribution in [1.82, 2.24) is 5.32 Å². The van der Waals surface area contributed by atoms with Crippen molar-refractivity contribution in [3.05, 3.63) is 24.3 Å². The summed E-state index contributed by atoms with van der Waals surface area (Å²) in [5, 5.41) is 2.86. The highest BCUT2D eigenvalue weighted by Crippen LogP contribution is 2.30. The van der Waals surface area contributed by atoms with Crippen LogP contribution in [0.15, 0.2) is 24.3 Å². The molecule has 0 saturated carbocycles. The first-order valence-corrected chi connectivity index (χ1v) is 7.26. The molecule has 1 fully saturated rings. The average Bonchev–Trinajstić information content (AvgIpc) is 2.50. The Balaban J connectivity index is 2.49. The van der Waals surface area contributed by atoms with E-state index in [0.29, 0.717) is 24.3 Å². The van der Waals surface area contributed by atoms with Gasteiger partial charge in [-0.15, -0.1) is 0 Å². The highest BCUT2D eigenvalue weighted by Gasteiger charge is 2.46. The fourth-order valence-electron chi connectivity index (χ4n) is 2.60. The van der Waals surface area contributed by atoms with E-state index in [4.69, 9.17) is 4.74 Å². The summed E-state index contributed by atoms with van der Waals surface area (Å²) in [6.07, 6.45) is 1.11. The first kappa shape index (κ1) is 15.4. The molecule has 5 heteroatoms. The summed E-state index contributed by atoms with van der Waals surface area (Å²) in [6.45, 7) is 5.57. The summed E-state index contributed by atoms with van der Waals surface area (Å²) in [5.74, 6) is 0.480. The van der Waals surface area contributed by atoms with Gasteiger partial charge in [-0.05, 0) is 31.9 Å². The van der Waals surface area contributed by atoms with E-state index in [0.717, 1.165) is 0 Å². The molecule has 114 valence electrons. The number of amides is 2. The van der Waals surface area contributed by atoms with Crippen molar-refractivity contribution in [2.75, 3.05) is 12.0 Å². The number of hydrogen-bond acceptors (Lipinski definition) is 3. The first-order valence-electron chi connectivity index (χ1n) is 7.26. The number of anilines is 1. The van der Waals surface area contributed by atoms with Crippen LogP contribution in [0.1, 0.15) is 33.6 Å². The van der Waals surface area contributed by atoms with Crippen molar-refractivity contribution in [2.45, 2.75) is 45.2 Å². The molecule has 2 rings (SSSR count). The van der Waals surface area contributed by atoms with Gasteiger partial charge in [0.25, 0.3) is 5.91 Å². The molecule has 1 aromatic carbocycles. The van der Waals surface area contributed by atoms with Crippen molar-refractivity contribution >= 4 is 17.5 Å². The summed E-state index contributed by atoms with van der Waals surface area (Å²) < 4.78 is 5.22. The summed E-state index contributed by atoms with van der Waals surface area (Å²) in [5.41, 5.74) is -0.160. The third kappa shape index (κ3) is 2.60. The zero-order valence-electron chi connectivity index (χ0n) is 13.0. The number of carbonyl (C=O) groups is 2. The number of hydrogen-bond donors (Lipinski definition) is 1. The summed E-state index contributed by atoms with van der Waals surface area (Å²) in [4.78, 5) is 26.8. The zero-order valence-corrected chi connectivity index (χ0v) is 13.0. The molecule has 1 N–H and O–H groups in total. The van der Waals surface area contributed by atoms with E-state index in [1.54, 1.807) is 25.0 Å². The molecule has 21 heavy (non-hydrogen) atoms. The molecular weight excluding hydrogens is 268 g/mol. The minimum atomic E-state index is -0.855. The summed E-state index contributed by atoms with van der Waals surface area (Å²) in [6, 6.07) is 6.78. The smallest absolute Gasteiger partial charge is 0.253 e. The largest absolute Gasteiger partial charge is 0.497 e. The molecule has 0 aliphatic carbocycles. The van der Waals surface area contributed by atoms with Gasteiger partial charge in [0.2, 0.25) is 5.91 Å². The van der Waals surface area contributed by atoms with Gasteiger partial charge in [0.15, 0.2) is 0 Å². The van der Waals surface area contributed by atoms with Crippen LogP contribution in [0, 0.1) is 0 Å². The molecule has 2 atom stereocenters. The van der Waals surface area contributed by atoms with Gasteiger partial charge in [-0.1, -0.05) is 19.9 Å². The Bertz CT molecular complexity index is 558. The van der Waals surface area contributed by atoms with Crippen LogP contribution in [0.3, 0.4) is 0 Å². The van der Waals surface area contributed by atoms with Crippen LogP contribution >= 0.6 is 0 Å². The van der Waals surface area contributed by atoms with Crippen LogP contribution in [-0.4, -0.2) is 30.5 Å². The highest BCUT2D eigenvalue weighted by atomic mass is 16.5. The van der Waals surface area contributed by atoms with Crippen LogP contribution in [-0.2, 0) is 9.59 Å². The van der Waals surface area contributed by atoms with E-state index in [1.807, 2.05) is 32.0 Å². The van der Waals surface area contributed by atoms with Crippen molar-refractivity contribution in [3.63, 3.8) is 0 Å². The van der Waals surface area contributed by atoms with E-state index in [1.165, 1.54) is 0 Å². The van der Waals surface area contributed by atoms with Crippen LogP contribution < -0.4 is 15.0 Å². The number of ether oxygens (including phenoxy) is 1. The maximum Gasteiger partial charge on any atom is 0.253 e. The van der Waals surface area contributed by atoms with E-state index in [-0.39, 0.29) is 11.8 Å². The second kappa shape index (κ2) is 5.76. The fraction of sp³-hybridized carbons (Fsp3) is 0.500. The number of nitrogens with zero attached hydrogens (tertiary/aromatic N) is 1. The van der Waals surface area contributed by atoms with Crippen molar-refractivity contribution in [3.8, 4) is 5.75 Å². The Hall–Kier alpha value is -2.04. The molecule has 2 amide bonds. The highest BCUT2D eigenvalue weighted by molar-refractivity contribution is 6.10. The fourth-order valence-corrected chi connectivity index (χ4v) is 2.60. The maximum atomic E-state index is 12.9. The number of benzene rings is 1. The van der Waals surface area contributed by atoms with Crippen LogP contribution in [0.2, 0.25) is 0 Å². The minimum Gasteiger partial charge on any atom is -0.497 e. The quantitative estimate of drug-likeness (QED) is 0.924. The van der Waals surface area contributed by atoms with Gasteiger partial charge in [0.05, 0.1) is 7.11 Å². The van der Waals surface area contributed by atoms with Gasteiger partial charge >= 0.3 is 0 Å². The molecule has 0 spiro atoms. The van der Waals surface area contributed by atoms with Gasteiger partial charge in [-0.2, -0.15) is 0 Å². The zero-order chi connectivity index (χ0) is 15.6. The SMILES string of the molecule is CCC1C(=O)NC(C)(CC)C(=O)N1c1cccc(OC)c1. The molecular formula is C16H22N2O3. The minimum absolute atomic E-state index is 0.0790. The van der Waals surface area contributed by atoms with Crippen LogP contribution in [0.5, 0.6) is 5.75 Å². The Morgan fingerprint density at radius 2 is 2.05 bits per heavy atom. The Labute approximate surface area is 125 Å². The summed E-state index contributed by atoms with van der Waals surface area (Å²) in [7, 11) is 1.58. The number of nitrogens with one attached hydrogen (secondary N) is 1. The van der Waals surface area contributed by atoms with Gasteiger partial charge in [-0.3, -0.25) is 14.5 Å². The van der Waals surface area contributed by atoms with Gasteiger partial charge in [0, 0.05) is 11.8 Å². The second-order valence-electron chi connectivity index (χ2n) is 5.48. The van der Waals surface area contributed by atoms with E-state index in [2.05, 4.69) is 5.32 Å². The third-order valence-electron chi connectivity index (χ3n) is 4.13. The number of carbonyl (C=O) groups excluding carboxylic acids is 2. The summed E-state index contributed by atoms with van der Waals surface area (Å²) >= 11 is 0. The maximum absolute atomic E-state index is 12.9. The lowest BCUT2D eigenvalue weighted by Gasteiger charge is -2.43. The average molecular weight is 290 g/mol. The molecule has 5 nitrogen and oxygen atoms in total. The predicted octanol–water partition coefficient (Wildman–Crippen LogP) is 2.11. The molecule has 2 unspecified atom stereocenters. The Morgan fingerprint density at radius 1 is 1.33 bits per heavy atom. The number of piperazine rings is 1. The van der Waals surface area contributed by atoms with Crippen molar-refractivity contribution in [1.29, 1.82) is 0 Å². The molecule has 1 saturated heterocycles. The predicted molar refractivity (Wildman–Crippen MR) is 81.4 cm³/mol. The second-order valence-corrected chi connectivity index (χ2v) is 5.48. The normalized spacial score (nSPS) is 25.7. The Morgan fingerprint density at radius 3 is 2.62 bits per heavy atom. The monoisotopic (exact) mass is 290 g/mol. The standard InChI is InChI=1S/C16H22N2O3/c1-5-13-14(19)17-16(3,6-2)15(20)18(13)11-8-7-9-12(10-11)21-4/h7-10,13H,5-6H2,1-4H3,(H,17,19). The van der Waals surface area contributed by atoms with E-state index in [9.17, 15) is 9.59 Å². The lowest BCUT2D eigenvalue weighted by Crippen LogP contribution is -2.69. The molecule has 0 bridgehead atoms. The van der Waals surface area contributed by atoms with Gasteiger partial charge < -0.3 is 10.1 Å². The van der Waals surface area contributed by atoms with Crippen molar-refractivity contribution in [2.24, 2.45) is 0 Å². The van der Waals surface area contributed by atoms with Gasteiger partial charge in [0.1, 0.15) is 17.3 Å². The molecule has 0 radical (unpaired) electrons. The molecule has 1 aromatic rings. The topological polar surface area (TPSA) is 58.6 Å². The lowest BCUT2D eigenvalue weighted by atomic mass is 9.90. The van der Waals surface area contributed by atoms with Crippen LogP contribution in [0.25, 0.3) is 0 Å². The number of rotatable bonds is 4. The third-order valence-corrected chi connectivity index (χ3v) is 4.13. The van der Waals surface area contributed by atoms with E-state index >= 15 is 0 Å². The number of methoxy groups -OCH3 is 1. The van der Waals surface area contributed by atoms with Crippen molar-refractivity contribution < 1.29 is 14.3 Å². The van der Waals surface area contributed by atoms with Crippen LogP contribution in [0.4, 0.5) is 5.69 Å². The molecule has 1 aliphatic rings. The molecule has 1 heterocycles. The van der Waals surface area contributed by atoms with E-state index < -0.39 is 11.6 Å².